The third-order valence-corrected chi connectivity index (χ3v) is 4.01. The zero-order valence-corrected chi connectivity index (χ0v) is 12.5. The summed E-state index contributed by atoms with van der Waals surface area (Å²) in [4.78, 5) is 22.3. The van der Waals surface area contributed by atoms with Crippen molar-refractivity contribution in [1.82, 2.24) is 10.6 Å². The Morgan fingerprint density at radius 3 is 2.91 bits per heavy atom. The fourth-order valence-electron chi connectivity index (χ4n) is 3.04. The summed E-state index contributed by atoms with van der Waals surface area (Å²) in [6.07, 6.45) is 0.737. The zero-order chi connectivity index (χ0) is 16.1. The Balaban J connectivity index is 1.88. The number of rotatable bonds is 5. The highest BCUT2D eigenvalue weighted by atomic mass is 19.1. The van der Waals surface area contributed by atoms with E-state index in [0.717, 1.165) is 6.42 Å². The normalized spacial score (nSPS) is 22.7. The van der Waals surface area contributed by atoms with E-state index in [1.165, 1.54) is 6.07 Å². The molecule has 1 heterocycles. The van der Waals surface area contributed by atoms with Gasteiger partial charge >= 0.3 is 6.09 Å². The van der Waals surface area contributed by atoms with Crippen LogP contribution in [0.15, 0.2) is 24.3 Å². The number of carboxylic acid groups (broad SMARTS) is 1. The maximum Gasteiger partial charge on any atom is 0.405 e. The summed E-state index contributed by atoms with van der Waals surface area (Å²) in [5, 5.41) is 13.7. The number of amides is 2. The predicted octanol–water partition coefficient (Wildman–Crippen LogP) is 2.17. The maximum atomic E-state index is 13.7. The van der Waals surface area contributed by atoms with Crippen molar-refractivity contribution in [3.05, 3.63) is 35.6 Å². The average molecular weight is 308 g/mol. The van der Waals surface area contributed by atoms with Gasteiger partial charge in [0, 0.05) is 6.54 Å². The SMILES string of the molecule is CC(Cc1ccccc1F)C[C@H]1CNC(=O)[C@@H](NC(=O)O)C1. The second-order valence-electron chi connectivity index (χ2n) is 5.99. The molecule has 1 saturated heterocycles. The second-order valence-corrected chi connectivity index (χ2v) is 5.99. The monoisotopic (exact) mass is 308 g/mol. The minimum Gasteiger partial charge on any atom is -0.465 e. The molecule has 1 aliphatic heterocycles. The molecule has 1 aromatic rings. The predicted molar refractivity (Wildman–Crippen MR) is 80.0 cm³/mol. The molecule has 2 rings (SSSR count). The van der Waals surface area contributed by atoms with E-state index in [-0.39, 0.29) is 23.6 Å². The second kappa shape index (κ2) is 7.24. The lowest BCUT2D eigenvalue weighted by Crippen LogP contribution is -2.53. The summed E-state index contributed by atoms with van der Waals surface area (Å²) in [7, 11) is 0. The van der Waals surface area contributed by atoms with Crippen molar-refractivity contribution in [2.75, 3.05) is 6.54 Å². The number of carbonyl (C=O) groups excluding carboxylic acids is 1. The van der Waals surface area contributed by atoms with Crippen molar-refractivity contribution < 1.29 is 19.1 Å². The van der Waals surface area contributed by atoms with Gasteiger partial charge in [-0.15, -0.1) is 0 Å². The van der Waals surface area contributed by atoms with E-state index in [4.69, 9.17) is 5.11 Å². The molecule has 3 atom stereocenters. The van der Waals surface area contributed by atoms with E-state index >= 15 is 0 Å². The smallest absolute Gasteiger partial charge is 0.405 e. The Hall–Kier alpha value is -2.11. The fourth-order valence-corrected chi connectivity index (χ4v) is 3.04. The van der Waals surface area contributed by atoms with Gasteiger partial charge in [0.1, 0.15) is 11.9 Å². The summed E-state index contributed by atoms with van der Waals surface area (Å²) in [5.41, 5.74) is 0.690. The van der Waals surface area contributed by atoms with Gasteiger partial charge in [0.05, 0.1) is 0 Å². The first-order valence-electron chi connectivity index (χ1n) is 7.46. The first-order valence-corrected chi connectivity index (χ1v) is 7.46. The molecule has 0 radical (unpaired) electrons. The highest BCUT2D eigenvalue weighted by Crippen LogP contribution is 2.23. The molecule has 0 aliphatic carbocycles. The van der Waals surface area contributed by atoms with E-state index in [1.54, 1.807) is 12.1 Å². The van der Waals surface area contributed by atoms with Gasteiger partial charge in [-0.25, -0.2) is 9.18 Å². The van der Waals surface area contributed by atoms with Gasteiger partial charge in [-0.05, 0) is 42.7 Å². The van der Waals surface area contributed by atoms with Crippen LogP contribution >= 0.6 is 0 Å². The molecule has 1 aromatic carbocycles. The first-order chi connectivity index (χ1) is 10.5. The van der Waals surface area contributed by atoms with Crippen LogP contribution in [0.4, 0.5) is 9.18 Å². The molecule has 2 amide bonds. The van der Waals surface area contributed by atoms with E-state index in [2.05, 4.69) is 10.6 Å². The van der Waals surface area contributed by atoms with Crippen molar-refractivity contribution >= 4 is 12.0 Å². The van der Waals surface area contributed by atoms with Gasteiger partial charge in [0.25, 0.3) is 0 Å². The third kappa shape index (κ3) is 4.44. The number of piperidine rings is 1. The number of halogens is 1. The Kier molecular flexibility index (Phi) is 5.35. The van der Waals surface area contributed by atoms with E-state index in [1.807, 2.05) is 13.0 Å². The molecular formula is C16H21FN2O3. The summed E-state index contributed by atoms with van der Waals surface area (Å²) in [6, 6.07) is 6.02. The number of benzene rings is 1. The molecule has 5 nitrogen and oxygen atoms in total. The fraction of sp³-hybridized carbons (Fsp3) is 0.500. The van der Waals surface area contributed by atoms with Gasteiger partial charge in [-0.2, -0.15) is 0 Å². The van der Waals surface area contributed by atoms with E-state index < -0.39 is 12.1 Å². The number of hydrogen-bond donors (Lipinski definition) is 3. The lowest BCUT2D eigenvalue weighted by atomic mass is 9.85. The van der Waals surface area contributed by atoms with Crippen LogP contribution in [0.1, 0.15) is 25.3 Å². The minimum absolute atomic E-state index is 0.191. The average Bonchev–Trinajstić information content (AvgIpc) is 2.44. The van der Waals surface area contributed by atoms with Gasteiger partial charge in [0.2, 0.25) is 5.91 Å². The summed E-state index contributed by atoms with van der Waals surface area (Å²) in [6.45, 7) is 2.58. The molecular weight excluding hydrogens is 287 g/mol. The third-order valence-electron chi connectivity index (χ3n) is 4.01. The number of hydrogen-bond acceptors (Lipinski definition) is 2. The van der Waals surface area contributed by atoms with Crippen LogP contribution in [0.5, 0.6) is 0 Å². The highest BCUT2D eigenvalue weighted by molar-refractivity contribution is 5.85. The highest BCUT2D eigenvalue weighted by Gasteiger charge is 2.30. The topological polar surface area (TPSA) is 78.4 Å². The summed E-state index contributed by atoms with van der Waals surface area (Å²) in [5.74, 6) is -0.0316. The van der Waals surface area contributed by atoms with Crippen molar-refractivity contribution in [2.45, 2.75) is 32.2 Å². The van der Waals surface area contributed by atoms with Crippen molar-refractivity contribution in [3.8, 4) is 0 Å². The van der Waals surface area contributed by atoms with Crippen molar-refractivity contribution in [1.29, 1.82) is 0 Å². The standard InChI is InChI=1S/C16H21FN2O3/c1-10(7-12-4-2-3-5-13(12)17)6-11-8-14(19-16(21)22)15(20)18-9-11/h2-5,10-11,14,19H,6-9H2,1H3,(H,18,20)(H,21,22)/t10?,11-,14+/m1/s1. The molecule has 0 spiro atoms. The lowest BCUT2D eigenvalue weighted by Gasteiger charge is -2.30. The Morgan fingerprint density at radius 1 is 1.50 bits per heavy atom. The minimum atomic E-state index is -1.19. The Morgan fingerprint density at radius 2 is 2.23 bits per heavy atom. The largest absolute Gasteiger partial charge is 0.465 e. The summed E-state index contributed by atoms with van der Waals surface area (Å²) >= 11 is 0. The van der Waals surface area contributed by atoms with Crippen LogP contribution in [0.2, 0.25) is 0 Å². The Labute approximate surface area is 128 Å². The van der Waals surface area contributed by atoms with Crippen LogP contribution < -0.4 is 10.6 Å². The number of carbonyl (C=O) groups is 2. The summed E-state index contributed by atoms with van der Waals surface area (Å²) < 4.78 is 13.7. The van der Waals surface area contributed by atoms with Gasteiger partial charge < -0.3 is 15.7 Å². The molecule has 1 fully saturated rings. The quantitative estimate of drug-likeness (QED) is 0.780. The number of nitrogens with one attached hydrogen (secondary N) is 2. The van der Waals surface area contributed by atoms with E-state index in [9.17, 15) is 14.0 Å². The molecule has 1 aliphatic rings. The van der Waals surface area contributed by atoms with Crippen LogP contribution in [0.25, 0.3) is 0 Å². The molecule has 1 unspecified atom stereocenters. The first kappa shape index (κ1) is 16.3. The molecule has 0 saturated carbocycles. The van der Waals surface area contributed by atoms with Crippen LogP contribution in [0.3, 0.4) is 0 Å². The van der Waals surface area contributed by atoms with Crippen molar-refractivity contribution in [3.63, 3.8) is 0 Å². The molecule has 120 valence electrons. The van der Waals surface area contributed by atoms with Crippen LogP contribution in [-0.4, -0.2) is 29.7 Å². The molecule has 3 N–H and O–H groups in total. The van der Waals surface area contributed by atoms with Gasteiger partial charge in [-0.3, -0.25) is 4.79 Å². The molecule has 0 bridgehead atoms. The molecule has 22 heavy (non-hydrogen) atoms. The van der Waals surface area contributed by atoms with Crippen molar-refractivity contribution in [2.24, 2.45) is 11.8 Å². The molecule has 6 heteroatoms. The van der Waals surface area contributed by atoms with Crippen LogP contribution in [-0.2, 0) is 11.2 Å². The molecule has 0 aromatic heterocycles. The Bertz CT molecular complexity index is 550. The van der Waals surface area contributed by atoms with Crippen LogP contribution in [0, 0.1) is 17.7 Å². The maximum absolute atomic E-state index is 13.7. The van der Waals surface area contributed by atoms with Gasteiger partial charge in [-0.1, -0.05) is 25.1 Å². The zero-order valence-electron chi connectivity index (χ0n) is 12.5. The van der Waals surface area contributed by atoms with E-state index in [0.29, 0.717) is 24.9 Å². The lowest BCUT2D eigenvalue weighted by molar-refractivity contribution is -0.125. The van der Waals surface area contributed by atoms with Gasteiger partial charge in [0.15, 0.2) is 0 Å².